The lowest BCUT2D eigenvalue weighted by Crippen LogP contribution is -2.35. The van der Waals surface area contributed by atoms with Gasteiger partial charge in [0.2, 0.25) is 5.91 Å². The lowest BCUT2D eigenvalue weighted by atomic mass is 9.93. The number of carbonyl (C=O) groups excluding carboxylic acids is 1. The van der Waals surface area contributed by atoms with Crippen molar-refractivity contribution in [2.75, 3.05) is 37.5 Å². The molecule has 44 heavy (non-hydrogen) atoms. The molecule has 0 spiro atoms. The smallest absolute Gasteiger partial charge is 0.264 e. The minimum Gasteiger partial charge on any atom is -0.493 e. The highest BCUT2D eigenvalue weighted by Crippen LogP contribution is 2.36. The number of ether oxygens (including phenoxy) is 2. The number of hydrogen-bond donors (Lipinski definition) is 0. The molecular weight excluding hydrogens is 578 g/mol. The van der Waals surface area contributed by atoms with Gasteiger partial charge in [0.15, 0.2) is 0 Å². The van der Waals surface area contributed by atoms with E-state index in [0.717, 1.165) is 52.8 Å². The first-order valence-corrected chi connectivity index (χ1v) is 16.7. The van der Waals surface area contributed by atoms with Gasteiger partial charge >= 0.3 is 0 Å². The summed E-state index contributed by atoms with van der Waals surface area (Å²) in [5.41, 5.74) is 7.57. The van der Waals surface area contributed by atoms with Gasteiger partial charge in [-0.05, 0) is 85.2 Å². The number of aromatic nitrogens is 2. The fraction of sp³-hybridized carbons (Fsp3) is 0.353. The average molecular weight is 618 g/mol. The molecule has 2 heterocycles. The van der Waals surface area contributed by atoms with Crippen LogP contribution in [-0.2, 0) is 32.1 Å². The predicted molar refractivity (Wildman–Crippen MR) is 171 cm³/mol. The van der Waals surface area contributed by atoms with Crippen molar-refractivity contribution in [3.63, 3.8) is 0 Å². The summed E-state index contributed by atoms with van der Waals surface area (Å²) in [6, 6.07) is 19.8. The van der Waals surface area contributed by atoms with E-state index in [0.29, 0.717) is 38.3 Å². The first-order valence-electron chi connectivity index (χ1n) is 14.9. The molecule has 10 heteroatoms. The molecule has 0 unspecified atom stereocenters. The van der Waals surface area contributed by atoms with Crippen molar-refractivity contribution in [2.24, 2.45) is 0 Å². The van der Waals surface area contributed by atoms with Gasteiger partial charge in [-0.3, -0.25) is 13.7 Å². The quantitative estimate of drug-likeness (QED) is 0.140. The largest absolute Gasteiger partial charge is 0.493 e. The molecule has 0 saturated heterocycles. The van der Waals surface area contributed by atoms with Gasteiger partial charge in [-0.25, -0.2) is 0 Å². The lowest BCUT2D eigenvalue weighted by Gasteiger charge is -2.31. The summed E-state index contributed by atoms with van der Waals surface area (Å²) in [4.78, 5) is 15.2. The van der Waals surface area contributed by atoms with Crippen LogP contribution in [0.4, 0.5) is 5.69 Å². The molecule has 0 bridgehead atoms. The van der Waals surface area contributed by atoms with E-state index in [1.807, 2.05) is 70.5 Å². The third kappa shape index (κ3) is 8.06. The van der Waals surface area contributed by atoms with Gasteiger partial charge in [0.25, 0.3) is 10.1 Å². The maximum atomic E-state index is 13.3. The fourth-order valence-corrected chi connectivity index (χ4v) is 5.80. The Morgan fingerprint density at radius 1 is 0.977 bits per heavy atom. The Balaban J connectivity index is 1.20. The van der Waals surface area contributed by atoms with Crippen LogP contribution in [0.25, 0.3) is 11.1 Å². The molecule has 0 atom stereocenters. The van der Waals surface area contributed by atoms with Gasteiger partial charge in [0, 0.05) is 30.4 Å². The number of carbonyl (C=O) groups is 1. The zero-order valence-corrected chi connectivity index (χ0v) is 26.3. The molecular formula is C34H39N3O6S. The zero-order valence-electron chi connectivity index (χ0n) is 25.5. The van der Waals surface area contributed by atoms with Crippen LogP contribution in [-0.4, -0.2) is 56.7 Å². The molecule has 232 valence electrons. The summed E-state index contributed by atoms with van der Waals surface area (Å²) in [7, 11) is -3.49. The Morgan fingerprint density at radius 2 is 1.80 bits per heavy atom. The van der Waals surface area contributed by atoms with E-state index in [4.69, 9.17) is 13.7 Å². The van der Waals surface area contributed by atoms with Gasteiger partial charge in [-0.2, -0.15) is 13.5 Å². The molecule has 9 nitrogen and oxygen atoms in total. The highest BCUT2D eigenvalue weighted by Gasteiger charge is 2.24. The monoisotopic (exact) mass is 617 g/mol. The molecule has 4 aromatic rings. The molecule has 3 aromatic carbocycles. The van der Waals surface area contributed by atoms with E-state index in [-0.39, 0.29) is 19.1 Å². The van der Waals surface area contributed by atoms with Crippen molar-refractivity contribution in [1.82, 2.24) is 9.78 Å². The lowest BCUT2D eigenvalue weighted by molar-refractivity contribution is -0.118. The Bertz CT molecular complexity index is 1720. The van der Waals surface area contributed by atoms with Crippen molar-refractivity contribution in [1.29, 1.82) is 0 Å². The van der Waals surface area contributed by atoms with Gasteiger partial charge in [0.1, 0.15) is 24.7 Å². The number of anilines is 1. The first kappa shape index (κ1) is 31.3. The molecule has 0 fully saturated rings. The highest BCUT2D eigenvalue weighted by molar-refractivity contribution is 7.85. The Hall–Kier alpha value is -4.15. The third-order valence-electron chi connectivity index (χ3n) is 7.74. The average Bonchev–Trinajstić information content (AvgIpc) is 3.46. The van der Waals surface area contributed by atoms with E-state index >= 15 is 0 Å². The normalized spacial score (nSPS) is 13.0. The van der Waals surface area contributed by atoms with Gasteiger partial charge < -0.3 is 14.4 Å². The SMILES string of the molecule is Cc1cccc(OCCCC(=O)N2CCCc3c(-c4cnn(Cc5cccc(OCCOS(C)(=O)=O)c5)c4)cccc32)c1C. The topological polar surface area (TPSA) is 100.0 Å². The molecule has 0 saturated carbocycles. The minimum absolute atomic E-state index is 0.0435. The van der Waals surface area contributed by atoms with Crippen molar-refractivity contribution >= 4 is 21.7 Å². The Labute approximate surface area is 259 Å². The standard InChI is InChI=1S/C34H39N3O6S/c1-25-9-4-15-33(26(25)2)42-18-8-16-34(38)37-17-7-13-31-30(12-6-14-32(31)37)28-22-35-36(24-28)23-27-10-5-11-29(21-27)41-19-20-43-44(3,39)40/h4-6,9-12,14-15,21-22,24H,7-8,13,16-20,23H2,1-3H3. The molecule has 5 rings (SSSR count). The minimum atomic E-state index is -3.49. The number of fused-ring (bicyclic) bond motifs is 1. The second-order valence-corrected chi connectivity index (χ2v) is 12.7. The van der Waals surface area contributed by atoms with Crippen LogP contribution in [0, 0.1) is 13.8 Å². The molecule has 1 aromatic heterocycles. The molecule has 0 N–H and O–H groups in total. The summed E-state index contributed by atoms with van der Waals surface area (Å²) < 4.78 is 40.5. The molecule has 0 radical (unpaired) electrons. The van der Waals surface area contributed by atoms with Crippen molar-refractivity contribution in [3.8, 4) is 22.6 Å². The highest BCUT2D eigenvalue weighted by atomic mass is 32.2. The number of rotatable bonds is 13. The van der Waals surface area contributed by atoms with Crippen molar-refractivity contribution in [3.05, 3.63) is 95.3 Å². The number of nitrogens with zero attached hydrogens (tertiary/aromatic N) is 3. The second-order valence-electron chi connectivity index (χ2n) is 11.1. The van der Waals surface area contributed by atoms with E-state index in [9.17, 15) is 13.2 Å². The van der Waals surface area contributed by atoms with E-state index < -0.39 is 10.1 Å². The van der Waals surface area contributed by atoms with Crippen LogP contribution in [0.15, 0.2) is 73.1 Å². The summed E-state index contributed by atoms with van der Waals surface area (Å²) >= 11 is 0. The summed E-state index contributed by atoms with van der Waals surface area (Å²) in [6.07, 6.45) is 7.80. The number of hydrogen-bond acceptors (Lipinski definition) is 7. The zero-order chi connectivity index (χ0) is 31.1. The van der Waals surface area contributed by atoms with Crippen LogP contribution >= 0.6 is 0 Å². The molecule has 1 aliphatic rings. The van der Waals surface area contributed by atoms with E-state index in [1.165, 1.54) is 11.1 Å². The summed E-state index contributed by atoms with van der Waals surface area (Å²) in [6.45, 7) is 5.97. The molecule has 0 aliphatic carbocycles. The van der Waals surface area contributed by atoms with Crippen LogP contribution in [0.1, 0.15) is 41.5 Å². The van der Waals surface area contributed by atoms with Gasteiger partial charge in [0.05, 0.1) is 25.6 Å². The van der Waals surface area contributed by atoms with Gasteiger partial charge in [-0.1, -0.05) is 36.4 Å². The van der Waals surface area contributed by atoms with Crippen molar-refractivity contribution in [2.45, 2.75) is 46.1 Å². The molecule has 1 amide bonds. The summed E-state index contributed by atoms with van der Waals surface area (Å²) in [5, 5.41) is 4.60. The van der Waals surface area contributed by atoms with Crippen LogP contribution in [0.5, 0.6) is 11.5 Å². The number of benzene rings is 3. The number of amides is 1. The predicted octanol–water partition coefficient (Wildman–Crippen LogP) is 5.71. The van der Waals surface area contributed by atoms with Crippen molar-refractivity contribution < 1.29 is 26.9 Å². The fourth-order valence-electron chi connectivity index (χ4n) is 5.43. The van der Waals surface area contributed by atoms with Gasteiger partial charge in [-0.15, -0.1) is 0 Å². The van der Waals surface area contributed by atoms with E-state index in [2.05, 4.69) is 31.1 Å². The van der Waals surface area contributed by atoms with Crippen LogP contribution in [0.3, 0.4) is 0 Å². The van der Waals surface area contributed by atoms with Crippen LogP contribution < -0.4 is 14.4 Å². The first-order chi connectivity index (χ1) is 21.2. The third-order valence-corrected chi connectivity index (χ3v) is 8.33. The second kappa shape index (κ2) is 14.1. The Morgan fingerprint density at radius 3 is 2.64 bits per heavy atom. The Kier molecular flexibility index (Phi) is 10.0. The summed E-state index contributed by atoms with van der Waals surface area (Å²) in [5.74, 6) is 1.63. The van der Waals surface area contributed by atoms with E-state index in [1.54, 1.807) is 0 Å². The maximum Gasteiger partial charge on any atom is 0.264 e. The number of aryl methyl sites for hydroxylation is 1. The molecule has 1 aliphatic heterocycles. The van der Waals surface area contributed by atoms with Crippen LogP contribution in [0.2, 0.25) is 0 Å². The maximum absolute atomic E-state index is 13.3.